The molecule has 0 atom stereocenters. The molecule has 0 spiro atoms. The average Bonchev–Trinajstić information content (AvgIpc) is 2.91. The second kappa shape index (κ2) is 7.21. The third kappa shape index (κ3) is 4.18. The van der Waals surface area contributed by atoms with Gasteiger partial charge in [-0.1, -0.05) is 34.1 Å². The summed E-state index contributed by atoms with van der Waals surface area (Å²) in [5, 5.41) is 5.38. The number of carbonyl (C=O) groups excluding carboxylic acids is 1. The van der Waals surface area contributed by atoms with Gasteiger partial charge in [-0.05, 0) is 17.7 Å². The lowest BCUT2D eigenvalue weighted by Gasteiger charge is -2.03. The van der Waals surface area contributed by atoms with Gasteiger partial charge in [-0.2, -0.15) is 0 Å². The predicted molar refractivity (Wildman–Crippen MR) is 84.1 cm³/mol. The maximum atomic E-state index is 11.9. The van der Waals surface area contributed by atoms with Crippen LogP contribution in [0.25, 0.3) is 0 Å². The molecule has 0 aliphatic carbocycles. The maximum absolute atomic E-state index is 11.9. The van der Waals surface area contributed by atoms with Gasteiger partial charge in [0.25, 0.3) is 0 Å². The number of hydrogen-bond acceptors (Lipinski definition) is 5. The van der Waals surface area contributed by atoms with Crippen molar-refractivity contribution in [2.75, 3.05) is 11.9 Å². The van der Waals surface area contributed by atoms with Gasteiger partial charge < -0.3 is 10.1 Å². The SMILES string of the molecule is C=CCNc1nc(C(=O)OCc2cccc(Br)c2)cs1. The van der Waals surface area contributed by atoms with E-state index in [0.717, 1.165) is 10.0 Å². The van der Waals surface area contributed by atoms with E-state index < -0.39 is 5.97 Å². The van der Waals surface area contributed by atoms with Crippen molar-refractivity contribution in [3.05, 3.63) is 58.0 Å². The van der Waals surface area contributed by atoms with E-state index in [2.05, 4.69) is 32.8 Å². The minimum Gasteiger partial charge on any atom is -0.456 e. The van der Waals surface area contributed by atoms with E-state index in [1.807, 2.05) is 24.3 Å². The van der Waals surface area contributed by atoms with Crippen LogP contribution in [0.15, 0.2) is 46.8 Å². The van der Waals surface area contributed by atoms with Crippen molar-refractivity contribution < 1.29 is 9.53 Å². The van der Waals surface area contributed by atoms with Crippen LogP contribution in [0.1, 0.15) is 16.1 Å². The van der Waals surface area contributed by atoms with Crippen LogP contribution in [0, 0.1) is 0 Å². The van der Waals surface area contributed by atoms with Crippen LogP contribution in [0.4, 0.5) is 5.13 Å². The van der Waals surface area contributed by atoms with Gasteiger partial charge in [0, 0.05) is 16.4 Å². The second-order valence-electron chi connectivity index (χ2n) is 3.91. The van der Waals surface area contributed by atoms with E-state index in [0.29, 0.717) is 17.4 Å². The molecule has 20 heavy (non-hydrogen) atoms. The highest BCUT2D eigenvalue weighted by molar-refractivity contribution is 9.10. The van der Waals surface area contributed by atoms with Crippen LogP contribution in [0.5, 0.6) is 0 Å². The number of esters is 1. The zero-order valence-corrected chi connectivity index (χ0v) is 13.0. The highest BCUT2D eigenvalue weighted by Crippen LogP contribution is 2.17. The van der Waals surface area contributed by atoms with Gasteiger partial charge in [-0.15, -0.1) is 17.9 Å². The Morgan fingerprint density at radius 3 is 3.15 bits per heavy atom. The van der Waals surface area contributed by atoms with Crippen LogP contribution in [0.2, 0.25) is 0 Å². The Labute approximate surface area is 129 Å². The molecule has 2 rings (SSSR count). The minimum atomic E-state index is -0.423. The number of rotatable bonds is 6. The number of anilines is 1. The lowest BCUT2D eigenvalue weighted by atomic mass is 10.2. The van der Waals surface area contributed by atoms with Gasteiger partial charge in [0.1, 0.15) is 6.61 Å². The number of carbonyl (C=O) groups is 1. The molecule has 0 aliphatic rings. The van der Waals surface area contributed by atoms with Gasteiger partial charge in [0.15, 0.2) is 10.8 Å². The molecule has 6 heteroatoms. The normalized spacial score (nSPS) is 10.1. The minimum absolute atomic E-state index is 0.227. The Kier molecular flexibility index (Phi) is 5.31. The number of halogens is 1. The van der Waals surface area contributed by atoms with Crippen LogP contribution in [-0.2, 0) is 11.3 Å². The predicted octanol–water partition coefficient (Wildman–Crippen LogP) is 3.86. The third-order valence-corrected chi connectivity index (χ3v) is 3.66. The van der Waals surface area contributed by atoms with Crippen molar-refractivity contribution in [1.29, 1.82) is 0 Å². The molecular formula is C14H13BrN2O2S. The molecule has 0 unspecified atom stereocenters. The topological polar surface area (TPSA) is 51.2 Å². The molecule has 0 fully saturated rings. The summed E-state index contributed by atoms with van der Waals surface area (Å²) in [4.78, 5) is 16.0. The summed E-state index contributed by atoms with van der Waals surface area (Å²) in [6.07, 6.45) is 1.73. The summed E-state index contributed by atoms with van der Waals surface area (Å²) in [5.74, 6) is -0.423. The molecule has 4 nitrogen and oxygen atoms in total. The first-order valence-corrected chi connectivity index (χ1v) is 7.58. The van der Waals surface area contributed by atoms with Crippen molar-refractivity contribution in [3.63, 3.8) is 0 Å². The first-order valence-electron chi connectivity index (χ1n) is 5.91. The van der Waals surface area contributed by atoms with Crippen molar-refractivity contribution in [1.82, 2.24) is 4.98 Å². The van der Waals surface area contributed by atoms with E-state index >= 15 is 0 Å². The molecule has 0 bridgehead atoms. The van der Waals surface area contributed by atoms with Crippen molar-refractivity contribution >= 4 is 38.4 Å². The zero-order valence-electron chi connectivity index (χ0n) is 10.6. The average molecular weight is 353 g/mol. The molecule has 0 saturated heterocycles. The number of benzene rings is 1. The zero-order chi connectivity index (χ0) is 14.4. The van der Waals surface area contributed by atoms with E-state index in [1.165, 1.54) is 11.3 Å². The lowest BCUT2D eigenvalue weighted by molar-refractivity contribution is 0.0467. The summed E-state index contributed by atoms with van der Waals surface area (Å²) < 4.78 is 6.18. The van der Waals surface area contributed by atoms with E-state index in [4.69, 9.17) is 4.74 Å². The smallest absolute Gasteiger partial charge is 0.358 e. The number of ether oxygens (including phenoxy) is 1. The Morgan fingerprint density at radius 2 is 2.40 bits per heavy atom. The van der Waals surface area contributed by atoms with Gasteiger partial charge in [-0.25, -0.2) is 9.78 Å². The van der Waals surface area contributed by atoms with Gasteiger partial charge in [0.2, 0.25) is 0 Å². The van der Waals surface area contributed by atoms with Crippen molar-refractivity contribution in [2.24, 2.45) is 0 Å². The number of nitrogens with zero attached hydrogens (tertiary/aromatic N) is 1. The Morgan fingerprint density at radius 1 is 1.55 bits per heavy atom. The van der Waals surface area contributed by atoms with Crippen LogP contribution in [-0.4, -0.2) is 17.5 Å². The number of aromatic nitrogens is 1. The summed E-state index contributed by atoms with van der Waals surface area (Å²) in [6.45, 7) is 4.45. The summed E-state index contributed by atoms with van der Waals surface area (Å²) >= 11 is 4.74. The molecule has 104 valence electrons. The fourth-order valence-electron chi connectivity index (χ4n) is 1.46. The third-order valence-electron chi connectivity index (χ3n) is 2.37. The Hall–Kier alpha value is -1.66. The molecular weight excluding hydrogens is 340 g/mol. The molecule has 1 heterocycles. The molecule has 1 aromatic carbocycles. The molecule has 1 N–H and O–H groups in total. The van der Waals surface area contributed by atoms with Crippen molar-refractivity contribution in [3.8, 4) is 0 Å². The first-order chi connectivity index (χ1) is 9.69. The largest absolute Gasteiger partial charge is 0.456 e. The Balaban J connectivity index is 1.91. The van der Waals surface area contributed by atoms with Crippen LogP contribution >= 0.6 is 27.3 Å². The summed E-state index contributed by atoms with van der Waals surface area (Å²) in [7, 11) is 0. The lowest BCUT2D eigenvalue weighted by Crippen LogP contribution is -2.06. The molecule has 0 aliphatic heterocycles. The van der Waals surface area contributed by atoms with E-state index in [1.54, 1.807) is 11.5 Å². The fraction of sp³-hybridized carbons (Fsp3) is 0.143. The molecule has 0 saturated carbocycles. The van der Waals surface area contributed by atoms with E-state index in [9.17, 15) is 4.79 Å². The number of nitrogens with one attached hydrogen (secondary N) is 1. The van der Waals surface area contributed by atoms with Gasteiger partial charge in [0.05, 0.1) is 0 Å². The van der Waals surface area contributed by atoms with Gasteiger partial charge in [-0.3, -0.25) is 0 Å². The number of hydrogen-bond donors (Lipinski definition) is 1. The first kappa shape index (κ1) is 14.7. The second-order valence-corrected chi connectivity index (χ2v) is 5.69. The highest BCUT2D eigenvalue weighted by Gasteiger charge is 2.12. The number of thiazole rings is 1. The van der Waals surface area contributed by atoms with Crippen LogP contribution in [0.3, 0.4) is 0 Å². The molecule has 2 aromatic rings. The van der Waals surface area contributed by atoms with E-state index in [-0.39, 0.29) is 6.61 Å². The standard InChI is InChI=1S/C14H13BrN2O2S/c1-2-6-16-14-17-12(9-20-14)13(18)19-8-10-4-3-5-11(15)7-10/h2-5,7,9H,1,6,8H2,(H,16,17). The Bertz CT molecular complexity index is 613. The molecule has 0 radical (unpaired) electrons. The van der Waals surface area contributed by atoms with Gasteiger partial charge >= 0.3 is 5.97 Å². The molecule has 0 amide bonds. The summed E-state index contributed by atoms with van der Waals surface area (Å²) in [5.41, 5.74) is 1.24. The summed E-state index contributed by atoms with van der Waals surface area (Å²) in [6, 6.07) is 7.62. The maximum Gasteiger partial charge on any atom is 0.358 e. The highest BCUT2D eigenvalue weighted by atomic mass is 79.9. The van der Waals surface area contributed by atoms with Crippen LogP contribution < -0.4 is 5.32 Å². The monoisotopic (exact) mass is 352 g/mol. The van der Waals surface area contributed by atoms with Crippen molar-refractivity contribution in [2.45, 2.75) is 6.61 Å². The molecule has 1 aromatic heterocycles. The quantitative estimate of drug-likeness (QED) is 0.633. The fourth-order valence-corrected chi connectivity index (χ4v) is 2.59.